The van der Waals surface area contributed by atoms with E-state index in [2.05, 4.69) is 19.2 Å². The molecule has 2 bridgehead atoms. The van der Waals surface area contributed by atoms with E-state index in [-0.39, 0.29) is 0 Å². The van der Waals surface area contributed by atoms with Crippen LogP contribution in [0.3, 0.4) is 0 Å². The van der Waals surface area contributed by atoms with Crippen LogP contribution in [0.4, 0.5) is 0 Å². The Morgan fingerprint density at radius 1 is 1.11 bits per heavy atom. The van der Waals surface area contributed by atoms with Gasteiger partial charge in [-0.2, -0.15) is 0 Å². The summed E-state index contributed by atoms with van der Waals surface area (Å²) in [6.07, 6.45) is 13.4. The zero-order valence-electron chi connectivity index (χ0n) is 12.4. The summed E-state index contributed by atoms with van der Waals surface area (Å²) in [6, 6.07) is 0.883. The van der Waals surface area contributed by atoms with Crippen LogP contribution in [-0.2, 0) is 0 Å². The van der Waals surface area contributed by atoms with Gasteiger partial charge in [0.2, 0.25) is 0 Å². The predicted octanol–water partition coefficient (Wildman–Crippen LogP) is 4.37. The highest BCUT2D eigenvalue weighted by Gasteiger charge is 2.41. The third kappa shape index (κ3) is 2.61. The molecule has 1 N–H and O–H groups in total. The summed E-state index contributed by atoms with van der Waals surface area (Å²) >= 11 is 0. The molecule has 0 radical (unpaired) electrons. The molecular formula is C17H31N. The van der Waals surface area contributed by atoms with Crippen LogP contribution >= 0.6 is 0 Å². The van der Waals surface area contributed by atoms with Crippen LogP contribution in [-0.4, -0.2) is 12.6 Å². The van der Waals surface area contributed by atoms with E-state index in [9.17, 15) is 0 Å². The van der Waals surface area contributed by atoms with E-state index in [4.69, 9.17) is 0 Å². The lowest BCUT2D eigenvalue weighted by Crippen LogP contribution is -2.41. The Balaban J connectivity index is 1.53. The van der Waals surface area contributed by atoms with Gasteiger partial charge in [0.25, 0.3) is 0 Å². The van der Waals surface area contributed by atoms with Crippen molar-refractivity contribution in [3.63, 3.8) is 0 Å². The van der Waals surface area contributed by atoms with Crippen LogP contribution in [0.15, 0.2) is 0 Å². The van der Waals surface area contributed by atoms with E-state index in [1.807, 2.05) is 0 Å². The summed E-state index contributed by atoms with van der Waals surface area (Å²) in [4.78, 5) is 0. The standard InChI is InChI=1S/C17H31N/c1-13(2)11-17(7-3-4-8-17)12-18-16-10-14-5-6-15(16)9-14/h13-16,18H,3-12H2,1-2H3. The zero-order chi connectivity index (χ0) is 12.6. The minimum absolute atomic E-state index is 0.663. The lowest BCUT2D eigenvalue weighted by atomic mass is 9.78. The SMILES string of the molecule is CC(C)CC1(CNC2CC3CCC2C3)CCCC1. The quantitative estimate of drug-likeness (QED) is 0.763. The predicted molar refractivity (Wildman–Crippen MR) is 77.6 cm³/mol. The van der Waals surface area contributed by atoms with Crippen molar-refractivity contribution in [3.05, 3.63) is 0 Å². The summed E-state index contributed by atoms with van der Waals surface area (Å²) in [7, 11) is 0. The van der Waals surface area contributed by atoms with E-state index >= 15 is 0 Å². The first-order chi connectivity index (χ1) is 8.67. The molecule has 18 heavy (non-hydrogen) atoms. The van der Waals surface area contributed by atoms with Gasteiger partial charge < -0.3 is 5.32 Å². The second-order valence-corrected chi connectivity index (χ2v) is 7.97. The molecule has 0 spiro atoms. The number of nitrogens with one attached hydrogen (secondary N) is 1. The first-order valence-electron chi connectivity index (χ1n) is 8.40. The van der Waals surface area contributed by atoms with Crippen LogP contribution in [0.25, 0.3) is 0 Å². The van der Waals surface area contributed by atoms with Gasteiger partial charge in [0.05, 0.1) is 0 Å². The molecule has 104 valence electrons. The van der Waals surface area contributed by atoms with Crippen molar-refractivity contribution in [2.45, 2.75) is 77.7 Å². The Kier molecular flexibility index (Phi) is 3.71. The Bertz CT molecular complexity index is 277. The Hall–Kier alpha value is -0.0400. The molecule has 3 aliphatic carbocycles. The average molecular weight is 249 g/mol. The van der Waals surface area contributed by atoms with Crippen LogP contribution < -0.4 is 5.32 Å². The van der Waals surface area contributed by atoms with Crippen LogP contribution in [0.2, 0.25) is 0 Å². The van der Waals surface area contributed by atoms with Gasteiger partial charge in [-0.15, -0.1) is 0 Å². The van der Waals surface area contributed by atoms with Gasteiger partial charge in [-0.25, -0.2) is 0 Å². The molecule has 0 aromatic rings. The fraction of sp³-hybridized carbons (Fsp3) is 1.00. The first-order valence-corrected chi connectivity index (χ1v) is 8.40. The van der Waals surface area contributed by atoms with E-state index in [0.717, 1.165) is 23.8 Å². The fourth-order valence-electron chi connectivity index (χ4n) is 5.29. The molecule has 1 heteroatoms. The number of fused-ring (bicyclic) bond motifs is 2. The second kappa shape index (κ2) is 5.15. The van der Waals surface area contributed by atoms with Crippen molar-refractivity contribution < 1.29 is 0 Å². The maximum absolute atomic E-state index is 4.00. The monoisotopic (exact) mass is 249 g/mol. The number of hydrogen-bond acceptors (Lipinski definition) is 1. The topological polar surface area (TPSA) is 12.0 Å². The lowest BCUT2D eigenvalue weighted by molar-refractivity contribution is 0.202. The molecule has 3 saturated carbocycles. The third-order valence-corrected chi connectivity index (χ3v) is 5.98. The molecule has 3 rings (SSSR count). The minimum atomic E-state index is 0.663. The van der Waals surface area contributed by atoms with Gasteiger partial charge in [0.1, 0.15) is 0 Å². The highest BCUT2D eigenvalue weighted by molar-refractivity contribution is 4.96. The molecule has 0 amide bonds. The van der Waals surface area contributed by atoms with Gasteiger partial charge in [0, 0.05) is 12.6 Å². The summed E-state index contributed by atoms with van der Waals surface area (Å²) in [6.45, 7) is 6.12. The molecule has 3 atom stereocenters. The van der Waals surface area contributed by atoms with Gasteiger partial charge in [-0.1, -0.05) is 33.1 Å². The van der Waals surface area contributed by atoms with Crippen molar-refractivity contribution in [1.29, 1.82) is 0 Å². The summed E-state index contributed by atoms with van der Waals surface area (Å²) in [5.41, 5.74) is 0.663. The van der Waals surface area contributed by atoms with Crippen molar-refractivity contribution in [2.24, 2.45) is 23.2 Å². The smallest absolute Gasteiger partial charge is 0.00982 e. The normalized spacial score (nSPS) is 37.8. The summed E-state index contributed by atoms with van der Waals surface area (Å²) in [5, 5.41) is 4.00. The van der Waals surface area contributed by atoms with Gasteiger partial charge in [0.15, 0.2) is 0 Å². The largest absolute Gasteiger partial charge is 0.313 e. The summed E-state index contributed by atoms with van der Waals surface area (Å²) in [5.74, 6) is 2.98. The van der Waals surface area contributed by atoms with E-state index in [0.29, 0.717) is 5.41 Å². The highest BCUT2D eigenvalue weighted by atomic mass is 14.9. The highest BCUT2D eigenvalue weighted by Crippen LogP contribution is 2.46. The molecule has 3 unspecified atom stereocenters. The molecule has 0 aromatic carbocycles. The zero-order valence-corrected chi connectivity index (χ0v) is 12.4. The summed E-state index contributed by atoms with van der Waals surface area (Å²) < 4.78 is 0. The molecule has 3 aliphatic rings. The fourth-order valence-corrected chi connectivity index (χ4v) is 5.29. The van der Waals surface area contributed by atoms with Crippen molar-refractivity contribution in [2.75, 3.05) is 6.54 Å². The average Bonchev–Trinajstić information content (AvgIpc) is 3.01. The van der Waals surface area contributed by atoms with E-state index < -0.39 is 0 Å². The lowest BCUT2D eigenvalue weighted by Gasteiger charge is -2.34. The van der Waals surface area contributed by atoms with E-state index in [1.165, 1.54) is 64.3 Å². The van der Waals surface area contributed by atoms with Gasteiger partial charge >= 0.3 is 0 Å². The molecule has 0 heterocycles. The third-order valence-electron chi connectivity index (χ3n) is 5.98. The van der Waals surface area contributed by atoms with Crippen LogP contribution in [0, 0.1) is 23.2 Å². The van der Waals surface area contributed by atoms with Gasteiger partial charge in [-0.05, 0) is 61.7 Å². The maximum atomic E-state index is 4.00. The van der Waals surface area contributed by atoms with Crippen molar-refractivity contribution in [1.82, 2.24) is 5.32 Å². The molecule has 3 fully saturated rings. The first kappa shape index (κ1) is 13.0. The second-order valence-electron chi connectivity index (χ2n) is 7.97. The molecule has 0 aromatic heterocycles. The molecular weight excluding hydrogens is 218 g/mol. The number of rotatable bonds is 5. The van der Waals surface area contributed by atoms with Crippen LogP contribution in [0.1, 0.15) is 71.6 Å². The van der Waals surface area contributed by atoms with Crippen molar-refractivity contribution >= 4 is 0 Å². The Morgan fingerprint density at radius 2 is 1.89 bits per heavy atom. The Morgan fingerprint density at radius 3 is 2.44 bits per heavy atom. The van der Waals surface area contributed by atoms with Crippen molar-refractivity contribution in [3.8, 4) is 0 Å². The molecule has 0 saturated heterocycles. The minimum Gasteiger partial charge on any atom is -0.313 e. The van der Waals surface area contributed by atoms with E-state index in [1.54, 1.807) is 0 Å². The number of hydrogen-bond donors (Lipinski definition) is 1. The molecule has 0 aliphatic heterocycles. The van der Waals surface area contributed by atoms with Gasteiger partial charge in [-0.3, -0.25) is 0 Å². The Labute approximate surface area is 113 Å². The van der Waals surface area contributed by atoms with Crippen LogP contribution in [0.5, 0.6) is 0 Å². The molecule has 1 nitrogen and oxygen atoms in total. The maximum Gasteiger partial charge on any atom is 0.00982 e.